The van der Waals surface area contributed by atoms with Crippen molar-refractivity contribution in [1.82, 2.24) is 20.2 Å². The smallest absolute Gasteiger partial charge is 0.272 e. The molecule has 8 nitrogen and oxygen atoms in total. The molecule has 31 heavy (non-hydrogen) atoms. The highest BCUT2D eigenvalue weighted by Crippen LogP contribution is 2.34. The number of nitrogens with zero attached hydrogens (tertiary/aromatic N) is 2. The van der Waals surface area contributed by atoms with Gasteiger partial charge >= 0.3 is 0 Å². The van der Waals surface area contributed by atoms with Crippen LogP contribution in [0.3, 0.4) is 0 Å². The number of rotatable bonds is 6. The van der Waals surface area contributed by atoms with Crippen LogP contribution < -0.4 is 5.32 Å². The Hall–Kier alpha value is -2.26. The molecule has 0 spiro atoms. The third kappa shape index (κ3) is 4.82. The molecule has 1 aromatic heterocycles. The largest absolute Gasteiger partial charge is 0.389 e. The van der Waals surface area contributed by atoms with Gasteiger partial charge in [-0.25, -0.2) is 4.98 Å². The molecule has 2 aromatic rings. The van der Waals surface area contributed by atoms with E-state index in [0.29, 0.717) is 24.5 Å². The Kier molecular flexibility index (Phi) is 6.71. The van der Waals surface area contributed by atoms with Gasteiger partial charge in [0.2, 0.25) is 0 Å². The third-order valence-corrected chi connectivity index (χ3v) is 6.24. The molecule has 3 heterocycles. The number of nitrogens with one attached hydrogen (secondary N) is 2. The Morgan fingerprint density at radius 2 is 2.03 bits per heavy atom. The number of imidazole rings is 1. The molecule has 4 rings (SSSR count). The standard InChI is InChI=1S/C23H32N4O4/c1-16-21(25-17(2)24-16)22(29)26-23(18-7-4-3-5-8-18)10-12-27(15-19(23)28)11-9-20-30-13-6-14-31-20/h3-5,7-8,19-20,28H,6,9-15H2,1-2H3,(H,24,25)(H,26,29)/t19-,23+/m1/s1. The molecule has 168 valence electrons. The molecular weight excluding hydrogens is 396 g/mol. The highest BCUT2D eigenvalue weighted by molar-refractivity contribution is 5.94. The maximum Gasteiger partial charge on any atom is 0.272 e. The highest BCUT2D eigenvalue weighted by Gasteiger charge is 2.45. The van der Waals surface area contributed by atoms with Crippen LogP contribution in [-0.2, 0) is 15.0 Å². The van der Waals surface area contributed by atoms with E-state index < -0.39 is 11.6 Å². The molecule has 0 bridgehead atoms. The molecule has 0 saturated carbocycles. The van der Waals surface area contributed by atoms with Crippen molar-refractivity contribution in [2.75, 3.05) is 32.8 Å². The topological polar surface area (TPSA) is 99.7 Å². The molecule has 1 aromatic carbocycles. The fourth-order valence-electron chi connectivity index (χ4n) is 4.57. The van der Waals surface area contributed by atoms with Crippen LogP contribution in [0.25, 0.3) is 0 Å². The zero-order valence-corrected chi connectivity index (χ0v) is 18.3. The molecule has 1 amide bonds. The number of hydrogen-bond donors (Lipinski definition) is 3. The number of ether oxygens (including phenoxy) is 2. The lowest BCUT2D eigenvalue weighted by Crippen LogP contribution is -2.62. The van der Waals surface area contributed by atoms with Gasteiger partial charge in [-0.15, -0.1) is 0 Å². The number of benzene rings is 1. The minimum Gasteiger partial charge on any atom is -0.389 e. The molecule has 2 atom stereocenters. The van der Waals surface area contributed by atoms with E-state index >= 15 is 0 Å². The number of β-amino-alcohol motifs (C(OH)–C–C–N with tert-alkyl or cyclic N) is 1. The molecule has 8 heteroatoms. The first kappa shape index (κ1) is 22.0. The van der Waals surface area contributed by atoms with Crippen LogP contribution in [0, 0.1) is 13.8 Å². The van der Waals surface area contributed by atoms with E-state index in [9.17, 15) is 9.90 Å². The van der Waals surface area contributed by atoms with Crippen LogP contribution >= 0.6 is 0 Å². The van der Waals surface area contributed by atoms with Gasteiger partial charge in [-0.1, -0.05) is 30.3 Å². The van der Waals surface area contributed by atoms with E-state index in [1.165, 1.54) is 0 Å². The number of aliphatic hydroxyl groups excluding tert-OH is 1. The molecule has 0 unspecified atom stereocenters. The molecule has 3 N–H and O–H groups in total. The predicted octanol–water partition coefficient (Wildman–Crippen LogP) is 1.87. The number of aromatic nitrogens is 2. The Morgan fingerprint density at radius 1 is 1.29 bits per heavy atom. The number of carbonyl (C=O) groups is 1. The summed E-state index contributed by atoms with van der Waals surface area (Å²) in [5, 5.41) is 14.5. The first-order chi connectivity index (χ1) is 15.0. The summed E-state index contributed by atoms with van der Waals surface area (Å²) in [6.45, 7) is 7.11. The number of carbonyl (C=O) groups excluding carboxylic acids is 1. The summed E-state index contributed by atoms with van der Waals surface area (Å²) in [6.07, 6.45) is 1.37. The Labute approximate surface area is 183 Å². The van der Waals surface area contributed by atoms with Crippen molar-refractivity contribution >= 4 is 5.91 Å². The maximum absolute atomic E-state index is 13.1. The average Bonchev–Trinajstić information content (AvgIpc) is 3.13. The van der Waals surface area contributed by atoms with Crippen LogP contribution in [0.15, 0.2) is 30.3 Å². The van der Waals surface area contributed by atoms with Crippen molar-refractivity contribution in [2.45, 2.75) is 51.0 Å². The van der Waals surface area contributed by atoms with Crippen LogP contribution in [0.5, 0.6) is 0 Å². The van der Waals surface area contributed by atoms with Gasteiger partial charge in [0.15, 0.2) is 6.29 Å². The van der Waals surface area contributed by atoms with Crippen molar-refractivity contribution in [1.29, 1.82) is 0 Å². The normalized spacial score (nSPS) is 25.5. The summed E-state index contributed by atoms with van der Waals surface area (Å²) in [7, 11) is 0. The number of amides is 1. The molecule has 0 radical (unpaired) electrons. The van der Waals surface area contributed by atoms with Crippen molar-refractivity contribution in [3.05, 3.63) is 53.1 Å². The van der Waals surface area contributed by atoms with Gasteiger partial charge in [0.1, 0.15) is 11.5 Å². The lowest BCUT2D eigenvalue weighted by molar-refractivity contribution is -0.183. The lowest BCUT2D eigenvalue weighted by atomic mass is 9.78. The summed E-state index contributed by atoms with van der Waals surface area (Å²) in [6, 6.07) is 9.73. The van der Waals surface area contributed by atoms with E-state index in [1.54, 1.807) is 0 Å². The molecule has 2 saturated heterocycles. The van der Waals surface area contributed by atoms with Gasteiger partial charge in [0.25, 0.3) is 5.91 Å². The van der Waals surface area contributed by atoms with E-state index in [1.807, 2.05) is 44.2 Å². The van der Waals surface area contributed by atoms with E-state index in [2.05, 4.69) is 20.2 Å². The van der Waals surface area contributed by atoms with Gasteiger partial charge in [-0.3, -0.25) is 4.79 Å². The zero-order valence-electron chi connectivity index (χ0n) is 18.3. The Morgan fingerprint density at radius 3 is 2.68 bits per heavy atom. The number of H-pyrrole nitrogens is 1. The summed E-state index contributed by atoms with van der Waals surface area (Å²) in [5.41, 5.74) is 1.12. The second-order valence-electron chi connectivity index (χ2n) is 8.47. The molecule has 2 aliphatic rings. The predicted molar refractivity (Wildman–Crippen MR) is 116 cm³/mol. The highest BCUT2D eigenvalue weighted by atomic mass is 16.7. The molecule has 2 fully saturated rings. The van der Waals surface area contributed by atoms with Crippen molar-refractivity contribution < 1.29 is 19.4 Å². The lowest BCUT2D eigenvalue weighted by Gasteiger charge is -2.46. The van der Waals surface area contributed by atoms with Gasteiger partial charge in [-0.2, -0.15) is 0 Å². The van der Waals surface area contributed by atoms with Crippen molar-refractivity contribution in [3.8, 4) is 0 Å². The van der Waals surface area contributed by atoms with E-state index in [4.69, 9.17) is 9.47 Å². The fraction of sp³-hybridized carbons (Fsp3) is 0.565. The first-order valence-electron chi connectivity index (χ1n) is 11.0. The summed E-state index contributed by atoms with van der Waals surface area (Å²) in [5.74, 6) is 0.418. The third-order valence-electron chi connectivity index (χ3n) is 6.24. The number of aromatic amines is 1. The minimum absolute atomic E-state index is 0.169. The van der Waals surface area contributed by atoms with Gasteiger partial charge in [0, 0.05) is 31.7 Å². The van der Waals surface area contributed by atoms with Gasteiger partial charge < -0.3 is 29.8 Å². The number of likely N-dealkylation sites (tertiary alicyclic amines) is 1. The fourth-order valence-corrected chi connectivity index (χ4v) is 4.57. The number of aryl methyl sites for hydroxylation is 2. The zero-order chi connectivity index (χ0) is 21.8. The van der Waals surface area contributed by atoms with Crippen LogP contribution in [0.4, 0.5) is 0 Å². The van der Waals surface area contributed by atoms with E-state index in [0.717, 1.165) is 50.4 Å². The SMILES string of the molecule is Cc1nc(C(=O)N[C@]2(c3ccccc3)CCN(CCC3OCCCO3)C[C@H]2O)c(C)[nH]1. The van der Waals surface area contributed by atoms with Crippen LogP contribution in [0.2, 0.25) is 0 Å². The number of piperidine rings is 1. The average molecular weight is 429 g/mol. The van der Waals surface area contributed by atoms with Crippen LogP contribution in [0.1, 0.15) is 46.8 Å². The molecule has 2 aliphatic heterocycles. The summed E-state index contributed by atoms with van der Waals surface area (Å²) >= 11 is 0. The van der Waals surface area contributed by atoms with E-state index in [-0.39, 0.29) is 12.2 Å². The number of hydrogen-bond acceptors (Lipinski definition) is 6. The van der Waals surface area contributed by atoms with Gasteiger partial charge in [-0.05, 0) is 32.3 Å². The maximum atomic E-state index is 13.1. The monoisotopic (exact) mass is 428 g/mol. The van der Waals surface area contributed by atoms with Gasteiger partial charge in [0.05, 0.1) is 24.9 Å². The summed E-state index contributed by atoms with van der Waals surface area (Å²) in [4.78, 5) is 22.8. The minimum atomic E-state index is -0.869. The van der Waals surface area contributed by atoms with Crippen molar-refractivity contribution in [2.24, 2.45) is 0 Å². The summed E-state index contributed by atoms with van der Waals surface area (Å²) < 4.78 is 11.3. The second-order valence-corrected chi connectivity index (χ2v) is 8.47. The van der Waals surface area contributed by atoms with Crippen LogP contribution in [-0.4, -0.2) is 71.1 Å². The first-order valence-corrected chi connectivity index (χ1v) is 11.0. The molecular formula is C23H32N4O4. The second kappa shape index (κ2) is 9.48. The quantitative estimate of drug-likeness (QED) is 0.650. The number of aliphatic hydroxyl groups is 1. The Bertz CT molecular complexity index is 881. The molecule has 0 aliphatic carbocycles. The van der Waals surface area contributed by atoms with Crippen molar-refractivity contribution in [3.63, 3.8) is 0 Å². The Balaban J connectivity index is 1.49.